The predicted octanol–water partition coefficient (Wildman–Crippen LogP) is 2.34. The number of nitrogens with one attached hydrogen (secondary N) is 3. The maximum Gasteiger partial charge on any atom is 0.319 e. The Morgan fingerprint density at radius 1 is 0.967 bits per heavy atom. The van der Waals surface area contributed by atoms with Crippen LogP contribution in [0, 0.1) is 0 Å². The highest BCUT2D eigenvalue weighted by Gasteiger charge is 2.32. The van der Waals surface area contributed by atoms with Crippen molar-refractivity contribution in [1.29, 1.82) is 0 Å². The Balaban J connectivity index is 1.34. The summed E-state index contributed by atoms with van der Waals surface area (Å²) in [6.45, 7) is 2.77. The van der Waals surface area contributed by atoms with Crippen LogP contribution in [0.5, 0.6) is 11.5 Å². The highest BCUT2D eigenvalue weighted by Crippen LogP contribution is 2.35. The standard InChI is InChI=1S/C21H22N4O5/c1-13(26)22-14-2-4-15(5-3-14)23-21(28)24-16-10-20(27)25(12-16)17-6-7-18-19(11-17)30-9-8-29-18/h2-7,11,16H,8-10,12H2,1H3,(H,22,26)(H2,23,24,28). The minimum atomic E-state index is -0.399. The molecule has 1 atom stereocenters. The van der Waals surface area contributed by atoms with Crippen LogP contribution in [0.3, 0.4) is 0 Å². The van der Waals surface area contributed by atoms with Gasteiger partial charge in [-0.1, -0.05) is 0 Å². The zero-order chi connectivity index (χ0) is 21.1. The van der Waals surface area contributed by atoms with E-state index in [4.69, 9.17) is 9.47 Å². The Kier molecular flexibility index (Phi) is 5.42. The molecule has 0 spiro atoms. The van der Waals surface area contributed by atoms with Crippen molar-refractivity contribution < 1.29 is 23.9 Å². The van der Waals surface area contributed by atoms with E-state index < -0.39 is 6.03 Å². The van der Waals surface area contributed by atoms with Crippen molar-refractivity contribution in [3.63, 3.8) is 0 Å². The number of carbonyl (C=O) groups excluding carboxylic acids is 3. The lowest BCUT2D eigenvalue weighted by atomic mass is 10.2. The van der Waals surface area contributed by atoms with Gasteiger partial charge in [0.05, 0.1) is 6.04 Å². The highest BCUT2D eigenvalue weighted by molar-refractivity contribution is 5.98. The van der Waals surface area contributed by atoms with Crippen LogP contribution in [0.2, 0.25) is 0 Å². The molecule has 0 aromatic heterocycles. The SMILES string of the molecule is CC(=O)Nc1ccc(NC(=O)NC2CC(=O)N(c3ccc4c(c3)OCCO4)C2)cc1. The second-order valence-corrected chi connectivity index (χ2v) is 7.09. The molecule has 1 saturated heterocycles. The highest BCUT2D eigenvalue weighted by atomic mass is 16.6. The molecule has 0 saturated carbocycles. The third kappa shape index (κ3) is 4.45. The average molecular weight is 410 g/mol. The Bertz CT molecular complexity index is 976. The maximum atomic E-state index is 12.5. The number of anilines is 3. The van der Waals surface area contributed by atoms with Crippen LogP contribution in [0.15, 0.2) is 42.5 Å². The van der Waals surface area contributed by atoms with Gasteiger partial charge < -0.3 is 30.3 Å². The number of fused-ring (bicyclic) bond motifs is 1. The fourth-order valence-corrected chi connectivity index (χ4v) is 3.45. The van der Waals surface area contributed by atoms with Gasteiger partial charge in [-0.2, -0.15) is 0 Å². The van der Waals surface area contributed by atoms with Gasteiger partial charge in [-0.3, -0.25) is 9.59 Å². The lowest BCUT2D eigenvalue weighted by molar-refractivity contribution is -0.117. The van der Waals surface area contributed by atoms with Crippen LogP contribution in [0.1, 0.15) is 13.3 Å². The lowest BCUT2D eigenvalue weighted by Gasteiger charge is -2.22. The Morgan fingerprint density at radius 3 is 2.33 bits per heavy atom. The van der Waals surface area contributed by atoms with Crippen molar-refractivity contribution in [1.82, 2.24) is 5.32 Å². The first-order valence-electron chi connectivity index (χ1n) is 9.63. The summed E-state index contributed by atoms with van der Waals surface area (Å²) in [4.78, 5) is 37.5. The van der Waals surface area contributed by atoms with E-state index in [0.717, 1.165) is 0 Å². The van der Waals surface area contributed by atoms with Crippen LogP contribution in [-0.2, 0) is 9.59 Å². The van der Waals surface area contributed by atoms with Gasteiger partial charge in [-0.05, 0) is 36.4 Å². The third-order valence-corrected chi connectivity index (χ3v) is 4.76. The average Bonchev–Trinajstić information content (AvgIpc) is 3.08. The monoisotopic (exact) mass is 410 g/mol. The molecule has 0 aliphatic carbocycles. The molecule has 156 valence electrons. The van der Waals surface area contributed by atoms with Crippen molar-refractivity contribution in [2.75, 3.05) is 35.3 Å². The summed E-state index contributed by atoms with van der Waals surface area (Å²) in [5.74, 6) is 1.04. The number of hydrogen-bond donors (Lipinski definition) is 3. The molecule has 4 amide bonds. The number of rotatable bonds is 4. The molecular formula is C21H22N4O5. The molecular weight excluding hydrogens is 388 g/mol. The largest absolute Gasteiger partial charge is 0.486 e. The van der Waals surface area contributed by atoms with Gasteiger partial charge in [-0.25, -0.2) is 4.79 Å². The summed E-state index contributed by atoms with van der Waals surface area (Å²) in [5.41, 5.74) is 1.93. The van der Waals surface area contributed by atoms with E-state index in [1.165, 1.54) is 6.92 Å². The first-order valence-corrected chi connectivity index (χ1v) is 9.63. The molecule has 0 bridgehead atoms. The van der Waals surface area contributed by atoms with Crippen molar-refractivity contribution >= 4 is 34.9 Å². The van der Waals surface area contributed by atoms with E-state index in [1.807, 2.05) is 6.07 Å². The third-order valence-electron chi connectivity index (χ3n) is 4.76. The predicted molar refractivity (Wildman–Crippen MR) is 111 cm³/mol. The fourth-order valence-electron chi connectivity index (χ4n) is 3.45. The fraction of sp³-hybridized carbons (Fsp3) is 0.286. The number of urea groups is 1. The second-order valence-electron chi connectivity index (χ2n) is 7.09. The number of benzene rings is 2. The Hall–Kier alpha value is -3.75. The minimum absolute atomic E-state index is 0.0726. The number of ether oxygens (including phenoxy) is 2. The second kappa shape index (κ2) is 8.32. The summed E-state index contributed by atoms with van der Waals surface area (Å²) in [6, 6.07) is 11.4. The van der Waals surface area contributed by atoms with Crippen molar-refractivity contribution in [2.45, 2.75) is 19.4 Å². The van der Waals surface area contributed by atoms with E-state index >= 15 is 0 Å². The quantitative estimate of drug-likeness (QED) is 0.717. The van der Waals surface area contributed by atoms with Crippen molar-refractivity contribution in [3.05, 3.63) is 42.5 Å². The van der Waals surface area contributed by atoms with Gasteiger partial charge in [-0.15, -0.1) is 0 Å². The van der Waals surface area contributed by atoms with E-state index in [-0.39, 0.29) is 24.3 Å². The number of carbonyl (C=O) groups is 3. The van der Waals surface area contributed by atoms with Gasteiger partial charge >= 0.3 is 6.03 Å². The van der Waals surface area contributed by atoms with Crippen molar-refractivity contribution in [3.8, 4) is 11.5 Å². The summed E-state index contributed by atoms with van der Waals surface area (Å²) in [7, 11) is 0. The normalized spacial score (nSPS) is 17.4. The molecule has 0 radical (unpaired) electrons. The first kappa shape index (κ1) is 19.6. The zero-order valence-corrected chi connectivity index (χ0v) is 16.4. The Labute approximate surface area is 173 Å². The number of nitrogens with zero attached hydrogens (tertiary/aromatic N) is 1. The van der Waals surface area contributed by atoms with Gasteiger partial charge in [0.25, 0.3) is 0 Å². The van der Waals surface area contributed by atoms with Gasteiger partial charge in [0.15, 0.2) is 11.5 Å². The molecule has 1 fully saturated rings. The smallest absolute Gasteiger partial charge is 0.319 e. The summed E-state index contributed by atoms with van der Waals surface area (Å²) < 4.78 is 11.1. The molecule has 1 unspecified atom stereocenters. The van der Waals surface area contributed by atoms with Crippen molar-refractivity contribution in [2.24, 2.45) is 0 Å². The summed E-state index contributed by atoms with van der Waals surface area (Å²) in [6.07, 6.45) is 0.212. The summed E-state index contributed by atoms with van der Waals surface area (Å²) in [5, 5.41) is 8.22. The van der Waals surface area contributed by atoms with Gasteiger partial charge in [0.1, 0.15) is 13.2 Å². The lowest BCUT2D eigenvalue weighted by Crippen LogP contribution is -2.39. The maximum absolute atomic E-state index is 12.5. The molecule has 2 aliphatic rings. The van der Waals surface area contributed by atoms with E-state index in [9.17, 15) is 14.4 Å². The molecule has 2 heterocycles. The zero-order valence-electron chi connectivity index (χ0n) is 16.4. The van der Waals surface area contributed by atoms with E-state index in [1.54, 1.807) is 41.3 Å². The van der Waals surface area contributed by atoms with Gasteiger partial charge in [0, 0.05) is 43.0 Å². The molecule has 30 heavy (non-hydrogen) atoms. The molecule has 2 aromatic rings. The minimum Gasteiger partial charge on any atom is -0.486 e. The van der Waals surface area contributed by atoms with Crippen LogP contribution in [0.4, 0.5) is 21.9 Å². The Morgan fingerprint density at radius 2 is 1.63 bits per heavy atom. The molecule has 9 heteroatoms. The van der Waals surface area contributed by atoms with Crippen LogP contribution < -0.4 is 30.3 Å². The molecule has 4 rings (SSSR count). The molecule has 3 N–H and O–H groups in total. The molecule has 2 aromatic carbocycles. The molecule has 9 nitrogen and oxygen atoms in total. The van der Waals surface area contributed by atoms with Gasteiger partial charge in [0.2, 0.25) is 11.8 Å². The topological polar surface area (TPSA) is 109 Å². The first-order chi connectivity index (χ1) is 14.5. The van der Waals surface area contributed by atoms with E-state index in [0.29, 0.717) is 48.3 Å². The van der Waals surface area contributed by atoms with Crippen LogP contribution >= 0.6 is 0 Å². The number of amides is 4. The van der Waals surface area contributed by atoms with Crippen LogP contribution in [-0.4, -0.2) is 43.6 Å². The summed E-state index contributed by atoms with van der Waals surface area (Å²) >= 11 is 0. The van der Waals surface area contributed by atoms with Crippen LogP contribution in [0.25, 0.3) is 0 Å². The van der Waals surface area contributed by atoms with E-state index in [2.05, 4.69) is 16.0 Å². The molecule has 2 aliphatic heterocycles. The number of hydrogen-bond acceptors (Lipinski definition) is 5.